The van der Waals surface area contributed by atoms with Gasteiger partial charge in [-0.15, -0.1) is 0 Å². The van der Waals surface area contributed by atoms with Crippen molar-refractivity contribution in [3.63, 3.8) is 0 Å². The molecule has 2 rings (SSSR count). The molecule has 1 atom stereocenters. The minimum absolute atomic E-state index is 0.316. The molecule has 0 amide bonds. The van der Waals surface area contributed by atoms with E-state index in [-0.39, 0.29) is 5.97 Å². The zero-order valence-corrected chi connectivity index (χ0v) is 12.7. The van der Waals surface area contributed by atoms with Gasteiger partial charge in [0.05, 0.1) is 18.4 Å². The highest BCUT2D eigenvalue weighted by Crippen LogP contribution is 2.25. The summed E-state index contributed by atoms with van der Waals surface area (Å²) in [6.45, 7) is 6.25. The van der Waals surface area contributed by atoms with Crippen LogP contribution in [-0.2, 0) is 4.74 Å². The van der Waals surface area contributed by atoms with Gasteiger partial charge >= 0.3 is 5.97 Å². The number of pyridine rings is 1. The Morgan fingerprint density at radius 3 is 2.95 bits per heavy atom. The molecule has 0 saturated carbocycles. The molecule has 4 heteroatoms. The summed E-state index contributed by atoms with van der Waals surface area (Å²) in [4.78, 5) is 18.5. The summed E-state index contributed by atoms with van der Waals surface area (Å²) in [6.07, 6.45) is 5.08. The molecule has 1 aliphatic heterocycles. The fourth-order valence-corrected chi connectivity index (χ4v) is 2.97. The highest BCUT2D eigenvalue weighted by atomic mass is 16.5. The minimum Gasteiger partial charge on any atom is -0.465 e. The molecule has 110 valence electrons. The van der Waals surface area contributed by atoms with E-state index in [2.05, 4.69) is 16.8 Å². The molecular formula is C16H24N2O2. The third kappa shape index (κ3) is 3.30. The molecule has 0 aliphatic carbocycles. The third-order valence-electron chi connectivity index (χ3n) is 4.02. The van der Waals surface area contributed by atoms with E-state index in [0.29, 0.717) is 5.56 Å². The second kappa shape index (κ2) is 6.73. The van der Waals surface area contributed by atoms with Crippen molar-refractivity contribution >= 4 is 11.8 Å². The Hall–Kier alpha value is -1.58. The van der Waals surface area contributed by atoms with Crippen molar-refractivity contribution in [1.82, 2.24) is 4.98 Å². The number of piperidine rings is 1. The molecule has 4 nitrogen and oxygen atoms in total. The number of hydrogen-bond donors (Lipinski definition) is 0. The minimum atomic E-state index is -0.316. The van der Waals surface area contributed by atoms with Gasteiger partial charge in [-0.1, -0.05) is 13.3 Å². The number of carbonyl (C=O) groups is 1. The Labute approximate surface area is 121 Å². The molecule has 1 unspecified atom stereocenters. The van der Waals surface area contributed by atoms with Crippen LogP contribution in [-0.4, -0.2) is 31.2 Å². The van der Waals surface area contributed by atoms with Gasteiger partial charge in [-0.3, -0.25) is 0 Å². The van der Waals surface area contributed by atoms with Crippen molar-refractivity contribution in [1.29, 1.82) is 0 Å². The second-order valence-corrected chi connectivity index (χ2v) is 5.54. The smallest absolute Gasteiger partial charge is 0.339 e. The van der Waals surface area contributed by atoms with Gasteiger partial charge in [-0.2, -0.15) is 0 Å². The zero-order chi connectivity index (χ0) is 14.5. The summed E-state index contributed by atoms with van der Waals surface area (Å²) in [5.74, 6) is 1.44. The van der Waals surface area contributed by atoms with Gasteiger partial charge < -0.3 is 9.64 Å². The number of esters is 1. The Kier molecular flexibility index (Phi) is 4.99. The average molecular weight is 276 g/mol. The van der Waals surface area contributed by atoms with E-state index in [1.54, 1.807) is 0 Å². The second-order valence-electron chi connectivity index (χ2n) is 5.54. The fraction of sp³-hybridized carbons (Fsp3) is 0.625. The molecule has 0 radical (unpaired) electrons. The molecule has 0 bridgehead atoms. The fourth-order valence-electron chi connectivity index (χ4n) is 2.97. The Balaban J connectivity index is 2.12. The highest BCUT2D eigenvalue weighted by molar-refractivity contribution is 5.90. The number of nitrogens with zero attached hydrogens (tertiary/aromatic N) is 2. The summed E-state index contributed by atoms with van der Waals surface area (Å²) < 4.78 is 4.76. The van der Waals surface area contributed by atoms with E-state index < -0.39 is 0 Å². The number of carbonyl (C=O) groups excluding carboxylic acids is 1. The van der Waals surface area contributed by atoms with E-state index in [1.807, 2.05) is 19.1 Å². The van der Waals surface area contributed by atoms with E-state index in [4.69, 9.17) is 4.74 Å². The first kappa shape index (κ1) is 14.8. The summed E-state index contributed by atoms with van der Waals surface area (Å²) >= 11 is 0. The van der Waals surface area contributed by atoms with E-state index in [1.165, 1.54) is 32.8 Å². The lowest BCUT2D eigenvalue weighted by molar-refractivity contribution is 0.0599. The monoisotopic (exact) mass is 276 g/mol. The molecule has 2 heterocycles. The Morgan fingerprint density at radius 1 is 1.50 bits per heavy atom. The predicted octanol–water partition coefficient (Wildman–Crippen LogP) is 3.19. The van der Waals surface area contributed by atoms with Gasteiger partial charge in [0.25, 0.3) is 0 Å². The van der Waals surface area contributed by atoms with Crippen LogP contribution in [0.3, 0.4) is 0 Å². The van der Waals surface area contributed by atoms with Crippen LogP contribution in [0.4, 0.5) is 5.82 Å². The lowest BCUT2D eigenvalue weighted by Crippen LogP contribution is -2.36. The highest BCUT2D eigenvalue weighted by Gasteiger charge is 2.21. The third-order valence-corrected chi connectivity index (χ3v) is 4.02. The molecule has 1 fully saturated rings. The first-order valence-corrected chi connectivity index (χ1v) is 7.46. The van der Waals surface area contributed by atoms with Crippen LogP contribution < -0.4 is 4.90 Å². The molecular weight excluding hydrogens is 252 g/mol. The number of aromatic nitrogens is 1. The van der Waals surface area contributed by atoms with Gasteiger partial charge in [0, 0.05) is 13.1 Å². The lowest BCUT2D eigenvalue weighted by atomic mass is 9.94. The summed E-state index contributed by atoms with van der Waals surface area (Å²) in [6, 6.07) is 3.76. The molecule has 0 N–H and O–H groups in total. The van der Waals surface area contributed by atoms with E-state index in [9.17, 15) is 4.79 Å². The molecule has 0 aromatic carbocycles. The standard InChI is InChI=1S/C16H24N2O2/c1-4-6-13-7-5-10-18(11-13)15-9-8-14(12(2)17-15)16(19)20-3/h8-9,13H,4-7,10-11H2,1-3H3. The van der Waals surface area contributed by atoms with Crippen LogP contribution in [0.1, 0.15) is 48.7 Å². The van der Waals surface area contributed by atoms with Crippen molar-refractivity contribution in [3.05, 3.63) is 23.4 Å². The number of methoxy groups -OCH3 is 1. The topological polar surface area (TPSA) is 42.4 Å². The molecule has 0 spiro atoms. The number of anilines is 1. The predicted molar refractivity (Wildman–Crippen MR) is 80.2 cm³/mol. The molecule has 1 saturated heterocycles. The largest absolute Gasteiger partial charge is 0.465 e. The molecule has 1 aromatic heterocycles. The molecule has 1 aromatic rings. The molecule has 20 heavy (non-hydrogen) atoms. The van der Waals surface area contributed by atoms with E-state index in [0.717, 1.165) is 30.5 Å². The summed E-state index contributed by atoms with van der Waals surface area (Å²) in [5, 5.41) is 0. The van der Waals surface area contributed by atoms with Crippen LogP contribution in [0, 0.1) is 12.8 Å². The quantitative estimate of drug-likeness (QED) is 0.792. The SMILES string of the molecule is CCCC1CCCN(c2ccc(C(=O)OC)c(C)n2)C1. The van der Waals surface area contributed by atoms with Gasteiger partial charge in [0.2, 0.25) is 0 Å². The maximum Gasteiger partial charge on any atom is 0.339 e. The van der Waals surface area contributed by atoms with Crippen LogP contribution in [0.5, 0.6) is 0 Å². The zero-order valence-electron chi connectivity index (χ0n) is 12.7. The maximum absolute atomic E-state index is 11.6. The van der Waals surface area contributed by atoms with Gasteiger partial charge in [-0.05, 0) is 44.2 Å². The normalized spacial score (nSPS) is 18.9. The van der Waals surface area contributed by atoms with Gasteiger partial charge in [0.15, 0.2) is 0 Å². The summed E-state index contributed by atoms with van der Waals surface area (Å²) in [5.41, 5.74) is 1.30. The molecule has 1 aliphatic rings. The van der Waals surface area contributed by atoms with Crippen molar-refractivity contribution in [2.45, 2.75) is 39.5 Å². The van der Waals surface area contributed by atoms with Crippen LogP contribution in [0.2, 0.25) is 0 Å². The number of ether oxygens (including phenoxy) is 1. The van der Waals surface area contributed by atoms with E-state index >= 15 is 0 Å². The lowest BCUT2D eigenvalue weighted by Gasteiger charge is -2.33. The van der Waals surface area contributed by atoms with Crippen LogP contribution in [0.15, 0.2) is 12.1 Å². The Morgan fingerprint density at radius 2 is 2.30 bits per heavy atom. The van der Waals surface area contributed by atoms with Gasteiger partial charge in [-0.25, -0.2) is 9.78 Å². The van der Waals surface area contributed by atoms with Crippen molar-refractivity contribution in [2.75, 3.05) is 25.1 Å². The first-order chi connectivity index (χ1) is 9.65. The Bertz CT molecular complexity index is 472. The summed E-state index contributed by atoms with van der Waals surface area (Å²) in [7, 11) is 1.40. The average Bonchev–Trinajstić information content (AvgIpc) is 2.47. The maximum atomic E-state index is 11.6. The number of rotatable bonds is 4. The van der Waals surface area contributed by atoms with Gasteiger partial charge in [0.1, 0.15) is 5.82 Å². The number of hydrogen-bond acceptors (Lipinski definition) is 4. The van der Waals surface area contributed by atoms with Crippen LogP contribution >= 0.6 is 0 Å². The van der Waals surface area contributed by atoms with Crippen molar-refractivity contribution in [3.8, 4) is 0 Å². The first-order valence-electron chi connectivity index (χ1n) is 7.46. The number of aryl methyl sites for hydroxylation is 1. The van der Waals surface area contributed by atoms with Crippen LogP contribution in [0.25, 0.3) is 0 Å². The van der Waals surface area contributed by atoms with Crippen molar-refractivity contribution in [2.24, 2.45) is 5.92 Å². The van der Waals surface area contributed by atoms with Crippen molar-refractivity contribution < 1.29 is 9.53 Å².